The quantitative estimate of drug-likeness (QED) is 0.529. The molecule has 0 aromatic rings. The highest BCUT2D eigenvalue weighted by atomic mass is 16.5. The Kier molecular flexibility index (Phi) is 7.96. The first-order valence-electron chi connectivity index (χ1n) is 4.33. The molecule has 0 spiro atoms. The normalized spacial score (nSPS) is 13.4. The van der Waals surface area contributed by atoms with E-state index in [-0.39, 0.29) is 6.10 Å². The summed E-state index contributed by atoms with van der Waals surface area (Å²) >= 11 is 0. The Morgan fingerprint density at radius 1 is 1.27 bits per heavy atom. The molecule has 1 radical (unpaired) electrons. The Hall–Kier alpha value is -0.0800. The van der Waals surface area contributed by atoms with Gasteiger partial charge in [0, 0.05) is 6.61 Å². The molecular formula is C9H19O2. The van der Waals surface area contributed by atoms with Gasteiger partial charge in [-0.1, -0.05) is 13.3 Å². The van der Waals surface area contributed by atoms with Crippen LogP contribution < -0.4 is 0 Å². The van der Waals surface area contributed by atoms with Gasteiger partial charge in [-0.25, -0.2) is 0 Å². The highest BCUT2D eigenvalue weighted by Crippen LogP contribution is 1.99. The molecule has 0 aromatic carbocycles. The minimum absolute atomic E-state index is 0.139. The average Bonchev–Trinajstić information content (AvgIpc) is 1.99. The second-order valence-electron chi connectivity index (χ2n) is 2.48. The first kappa shape index (κ1) is 10.9. The molecule has 0 aliphatic carbocycles. The van der Waals surface area contributed by atoms with Gasteiger partial charge >= 0.3 is 0 Å². The van der Waals surface area contributed by atoms with Crippen molar-refractivity contribution in [2.75, 3.05) is 19.8 Å². The lowest BCUT2D eigenvalue weighted by Crippen LogP contribution is -2.12. The lowest BCUT2D eigenvalue weighted by molar-refractivity contribution is 0.0226. The van der Waals surface area contributed by atoms with Crippen molar-refractivity contribution in [1.29, 1.82) is 0 Å². The van der Waals surface area contributed by atoms with Crippen LogP contribution in [0.4, 0.5) is 0 Å². The van der Waals surface area contributed by atoms with Crippen molar-refractivity contribution in [3.8, 4) is 0 Å². The summed E-state index contributed by atoms with van der Waals surface area (Å²) < 4.78 is 10.5. The zero-order valence-electron chi connectivity index (χ0n) is 7.64. The molecule has 0 aliphatic rings. The van der Waals surface area contributed by atoms with Gasteiger partial charge in [-0.05, 0) is 20.3 Å². The zero-order valence-corrected chi connectivity index (χ0v) is 7.64. The molecule has 0 rings (SSSR count). The van der Waals surface area contributed by atoms with E-state index in [1.54, 1.807) is 0 Å². The van der Waals surface area contributed by atoms with Gasteiger partial charge < -0.3 is 9.47 Å². The predicted molar refractivity (Wildman–Crippen MR) is 46.5 cm³/mol. The molecule has 67 valence electrons. The second kappa shape index (κ2) is 8.02. The molecule has 0 aromatic heterocycles. The van der Waals surface area contributed by atoms with E-state index >= 15 is 0 Å². The van der Waals surface area contributed by atoms with Crippen molar-refractivity contribution in [2.45, 2.75) is 32.8 Å². The van der Waals surface area contributed by atoms with Crippen molar-refractivity contribution >= 4 is 0 Å². The van der Waals surface area contributed by atoms with E-state index < -0.39 is 0 Å². The molecule has 2 heteroatoms. The van der Waals surface area contributed by atoms with E-state index in [1.807, 2.05) is 6.92 Å². The standard InChI is InChI=1S/C9H19O2/c1-4-6-9(3)11-8-7-10-5-2/h9H,3-8H2,1-2H3. The Balaban J connectivity index is 2.97. The highest BCUT2D eigenvalue weighted by Gasteiger charge is 1.98. The SMILES string of the molecule is [CH2]C(CCC)OCCOCC. The van der Waals surface area contributed by atoms with Crippen LogP contribution in [0.15, 0.2) is 0 Å². The van der Waals surface area contributed by atoms with Crippen LogP contribution in [0.1, 0.15) is 26.7 Å². The van der Waals surface area contributed by atoms with Gasteiger partial charge in [0.1, 0.15) is 0 Å². The molecule has 0 heterocycles. The number of hydrogen-bond donors (Lipinski definition) is 0. The van der Waals surface area contributed by atoms with Crippen LogP contribution in [-0.4, -0.2) is 25.9 Å². The first-order chi connectivity index (χ1) is 5.31. The van der Waals surface area contributed by atoms with Gasteiger partial charge in [-0.2, -0.15) is 0 Å². The van der Waals surface area contributed by atoms with Crippen molar-refractivity contribution in [3.63, 3.8) is 0 Å². The van der Waals surface area contributed by atoms with Gasteiger partial charge in [-0.15, -0.1) is 0 Å². The molecule has 0 saturated carbocycles. The third-order valence-corrected chi connectivity index (χ3v) is 1.40. The number of hydrogen-bond acceptors (Lipinski definition) is 2. The lowest BCUT2D eigenvalue weighted by atomic mass is 10.2. The fraction of sp³-hybridized carbons (Fsp3) is 0.889. The first-order valence-corrected chi connectivity index (χ1v) is 4.33. The third kappa shape index (κ3) is 7.82. The maximum Gasteiger partial charge on any atom is 0.0704 e. The Morgan fingerprint density at radius 2 is 2.00 bits per heavy atom. The fourth-order valence-corrected chi connectivity index (χ4v) is 0.823. The molecule has 0 N–H and O–H groups in total. The van der Waals surface area contributed by atoms with Crippen molar-refractivity contribution in [2.24, 2.45) is 0 Å². The summed E-state index contributed by atoms with van der Waals surface area (Å²) in [5.41, 5.74) is 0. The van der Waals surface area contributed by atoms with Gasteiger partial charge in [0.25, 0.3) is 0 Å². The number of rotatable bonds is 7. The molecular weight excluding hydrogens is 140 g/mol. The predicted octanol–water partition coefficient (Wildman–Crippen LogP) is 2.04. The van der Waals surface area contributed by atoms with Gasteiger partial charge in [0.15, 0.2) is 0 Å². The summed E-state index contributed by atoms with van der Waals surface area (Å²) in [4.78, 5) is 0. The summed E-state index contributed by atoms with van der Waals surface area (Å²) in [5.74, 6) is 0. The van der Waals surface area contributed by atoms with E-state index in [2.05, 4.69) is 13.8 Å². The molecule has 0 amide bonds. The summed E-state index contributed by atoms with van der Waals surface area (Å²) in [7, 11) is 0. The lowest BCUT2D eigenvalue weighted by Gasteiger charge is -2.10. The summed E-state index contributed by atoms with van der Waals surface area (Å²) in [6.45, 7) is 10.1. The molecule has 0 bridgehead atoms. The van der Waals surface area contributed by atoms with Crippen molar-refractivity contribution < 1.29 is 9.47 Å². The second-order valence-corrected chi connectivity index (χ2v) is 2.48. The number of ether oxygens (including phenoxy) is 2. The molecule has 1 atom stereocenters. The average molecular weight is 159 g/mol. The minimum atomic E-state index is 0.139. The zero-order chi connectivity index (χ0) is 8.53. The van der Waals surface area contributed by atoms with Crippen LogP contribution >= 0.6 is 0 Å². The van der Waals surface area contributed by atoms with E-state index in [1.165, 1.54) is 0 Å². The third-order valence-electron chi connectivity index (χ3n) is 1.40. The molecule has 2 nitrogen and oxygen atoms in total. The molecule has 0 aliphatic heterocycles. The van der Waals surface area contributed by atoms with Gasteiger partial charge in [-0.3, -0.25) is 0 Å². The Bertz CT molecular complexity index is 74.0. The fourth-order valence-electron chi connectivity index (χ4n) is 0.823. The Labute approximate surface area is 69.9 Å². The van der Waals surface area contributed by atoms with Gasteiger partial charge in [0.05, 0.1) is 19.3 Å². The van der Waals surface area contributed by atoms with Crippen LogP contribution in [0, 0.1) is 6.92 Å². The minimum Gasteiger partial charge on any atom is -0.379 e. The van der Waals surface area contributed by atoms with Crippen molar-refractivity contribution in [3.05, 3.63) is 6.92 Å². The molecule has 0 saturated heterocycles. The molecule has 0 fully saturated rings. The summed E-state index contributed by atoms with van der Waals surface area (Å²) in [6.07, 6.45) is 2.30. The Morgan fingerprint density at radius 3 is 2.55 bits per heavy atom. The van der Waals surface area contributed by atoms with E-state index in [9.17, 15) is 0 Å². The summed E-state index contributed by atoms with van der Waals surface area (Å²) in [6, 6.07) is 0. The smallest absolute Gasteiger partial charge is 0.0704 e. The van der Waals surface area contributed by atoms with Crippen LogP contribution in [0.5, 0.6) is 0 Å². The van der Waals surface area contributed by atoms with E-state index in [4.69, 9.17) is 9.47 Å². The van der Waals surface area contributed by atoms with E-state index in [0.29, 0.717) is 13.2 Å². The van der Waals surface area contributed by atoms with Crippen LogP contribution in [-0.2, 0) is 9.47 Å². The van der Waals surface area contributed by atoms with Gasteiger partial charge in [0.2, 0.25) is 0 Å². The molecule has 1 unspecified atom stereocenters. The van der Waals surface area contributed by atoms with Crippen LogP contribution in [0.3, 0.4) is 0 Å². The molecule has 11 heavy (non-hydrogen) atoms. The maximum atomic E-state index is 5.35. The highest BCUT2D eigenvalue weighted by molar-refractivity contribution is 4.57. The summed E-state index contributed by atoms with van der Waals surface area (Å²) in [5, 5.41) is 0. The largest absolute Gasteiger partial charge is 0.379 e. The topological polar surface area (TPSA) is 18.5 Å². The van der Waals surface area contributed by atoms with Crippen LogP contribution in [0.2, 0.25) is 0 Å². The van der Waals surface area contributed by atoms with Crippen LogP contribution in [0.25, 0.3) is 0 Å². The van der Waals surface area contributed by atoms with Crippen molar-refractivity contribution in [1.82, 2.24) is 0 Å². The maximum absolute atomic E-state index is 5.35. The van der Waals surface area contributed by atoms with E-state index in [0.717, 1.165) is 19.4 Å². The monoisotopic (exact) mass is 159 g/mol.